The topological polar surface area (TPSA) is 68.3 Å². The Morgan fingerprint density at radius 3 is 2.54 bits per heavy atom. The molecule has 1 aliphatic carbocycles. The number of aromatic nitrogens is 1. The molecule has 0 saturated heterocycles. The quantitative estimate of drug-likeness (QED) is 0.830. The van der Waals surface area contributed by atoms with Crippen molar-refractivity contribution in [3.05, 3.63) is 52.9 Å². The van der Waals surface area contributed by atoms with E-state index in [1.807, 2.05) is 0 Å². The summed E-state index contributed by atoms with van der Waals surface area (Å²) in [6.07, 6.45) is 4.30. The Bertz CT molecular complexity index is 867. The minimum atomic E-state index is -3.67. The molecule has 3 rings (SSSR count). The first-order valence-corrected chi connectivity index (χ1v) is 10.3. The molecule has 8 heteroatoms. The van der Waals surface area contributed by atoms with Gasteiger partial charge < -0.3 is 4.74 Å². The maximum absolute atomic E-state index is 13.2. The highest BCUT2D eigenvalue weighted by molar-refractivity contribution is 7.89. The van der Waals surface area contributed by atoms with E-state index in [0.717, 1.165) is 18.9 Å². The van der Waals surface area contributed by atoms with Gasteiger partial charge in [0.05, 0.1) is 9.92 Å². The summed E-state index contributed by atoms with van der Waals surface area (Å²) in [6, 6.07) is 6.95. The van der Waals surface area contributed by atoms with Crippen LogP contribution >= 0.6 is 11.6 Å². The highest BCUT2D eigenvalue weighted by Crippen LogP contribution is 2.25. The number of pyridine rings is 1. The molecule has 1 aromatic heterocycles. The minimum Gasteiger partial charge on any atom is -0.474 e. The Kier molecular flexibility index (Phi) is 5.79. The Morgan fingerprint density at radius 1 is 1.19 bits per heavy atom. The molecule has 0 aliphatic heterocycles. The average molecular weight is 399 g/mol. The minimum absolute atomic E-state index is 0.00279. The van der Waals surface area contributed by atoms with E-state index in [1.54, 1.807) is 19.1 Å². The fourth-order valence-corrected chi connectivity index (χ4v) is 4.74. The molecule has 1 aliphatic rings. The number of hydrogen-bond acceptors (Lipinski definition) is 4. The van der Waals surface area contributed by atoms with Gasteiger partial charge in [-0.15, -0.1) is 0 Å². The summed E-state index contributed by atoms with van der Waals surface area (Å²) in [5.41, 5.74) is 0.392. The lowest BCUT2D eigenvalue weighted by molar-refractivity contribution is 0.138. The number of benzene rings is 1. The molecule has 0 amide bonds. The number of sulfonamides is 1. The molecular weight excluding hydrogens is 379 g/mol. The summed E-state index contributed by atoms with van der Waals surface area (Å²) in [7, 11) is -3.67. The fraction of sp³-hybridized carbons (Fsp3) is 0.389. The van der Waals surface area contributed by atoms with Crippen molar-refractivity contribution in [2.24, 2.45) is 0 Å². The lowest BCUT2D eigenvalue weighted by atomic mass is 9.94. The van der Waals surface area contributed by atoms with E-state index in [2.05, 4.69) is 9.71 Å². The van der Waals surface area contributed by atoms with E-state index in [-0.39, 0.29) is 17.0 Å². The van der Waals surface area contributed by atoms with E-state index in [1.165, 1.54) is 18.3 Å². The molecule has 1 saturated carbocycles. The zero-order valence-electron chi connectivity index (χ0n) is 14.3. The van der Waals surface area contributed by atoms with Crippen LogP contribution in [-0.2, 0) is 10.0 Å². The highest BCUT2D eigenvalue weighted by atomic mass is 35.5. The van der Waals surface area contributed by atoms with Gasteiger partial charge >= 0.3 is 0 Å². The monoisotopic (exact) mass is 398 g/mol. The van der Waals surface area contributed by atoms with Crippen LogP contribution in [0.4, 0.5) is 4.39 Å². The zero-order chi connectivity index (χ0) is 18.7. The van der Waals surface area contributed by atoms with Crippen LogP contribution in [0.3, 0.4) is 0 Å². The summed E-state index contributed by atoms with van der Waals surface area (Å²) in [5.74, 6) is 0.0651. The van der Waals surface area contributed by atoms with E-state index in [9.17, 15) is 12.8 Å². The van der Waals surface area contributed by atoms with Crippen LogP contribution in [0, 0.1) is 12.7 Å². The lowest BCUT2D eigenvalue weighted by Crippen LogP contribution is -2.39. The molecule has 140 valence electrons. The summed E-state index contributed by atoms with van der Waals surface area (Å²) in [6.45, 7) is 1.58. The van der Waals surface area contributed by atoms with Crippen LogP contribution in [0.2, 0.25) is 5.02 Å². The third-order valence-electron chi connectivity index (χ3n) is 4.41. The van der Waals surface area contributed by atoms with E-state index >= 15 is 0 Å². The molecule has 1 N–H and O–H groups in total. The molecule has 0 spiro atoms. The smallest absolute Gasteiger partial charge is 0.241 e. The molecule has 0 atom stereocenters. The SMILES string of the molecule is Cc1cc(F)ccc1S(=O)(=O)NC1CCC(Oc2ccc(Cl)cn2)CC1. The second-order valence-corrected chi connectivity index (χ2v) is 8.56. The zero-order valence-corrected chi connectivity index (χ0v) is 15.9. The maximum atomic E-state index is 13.2. The van der Waals surface area contributed by atoms with Gasteiger partial charge in [0.1, 0.15) is 11.9 Å². The highest BCUT2D eigenvalue weighted by Gasteiger charge is 2.27. The van der Waals surface area contributed by atoms with E-state index in [0.29, 0.717) is 29.3 Å². The van der Waals surface area contributed by atoms with Gasteiger partial charge in [-0.3, -0.25) is 0 Å². The van der Waals surface area contributed by atoms with Crippen molar-refractivity contribution < 1.29 is 17.5 Å². The van der Waals surface area contributed by atoms with Crippen molar-refractivity contribution in [2.45, 2.75) is 49.6 Å². The van der Waals surface area contributed by atoms with Crippen molar-refractivity contribution in [3.8, 4) is 5.88 Å². The third kappa shape index (κ3) is 4.72. The maximum Gasteiger partial charge on any atom is 0.241 e. The molecule has 1 aromatic carbocycles. The number of nitrogens with zero attached hydrogens (tertiary/aromatic N) is 1. The van der Waals surface area contributed by atoms with Crippen LogP contribution in [0.5, 0.6) is 5.88 Å². The number of aryl methyl sites for hydroxylation is 1. The van der Waals surface area contributed by atoms with E-state index in [4.69, 9.17) is 16.3 Å². The van der Waals surface area contributed by atoms with Gasteiger partial charge in [0.15, 0.2) is 0 Å². The van der Waals surface area contributed by atoms with Gasteiger partial charge in [-0.1, -0.05) is 11.6 Å². The Hall–Kier alpha value is -1.70. The van der Waals surface area contributed by atoms with Gasteiger partial charge in [0.2, 0.25) is 15.9 Å². The molecule has 2 aromatic rings. The van der Waals surface area contributed by atoms with Crippen LogP contribution in [0.25, 0.3) is 0 Å². The third-order valence-corrected chi connectivity index (χ3v) is 6.31. The summed E-state index contributed by atoms with van der Waals surface area (Å²) in [4.78, 5) is 4.22. The summed E-state index contributed by atoms with van der Waals surface area (Å²) < 4.78 is 46.8. The first-order chi connectivity index (χ1) is 12.3. The Labute approximate surface area is 157 Å². The number of rotatable bonds is 5. The lowest BCUT2D eigenvalue weighted by Gasteiger charge is -2.29. The predicted octanol–water partition coefficient (Wildman–Crippen LogP) is 3.85. The van der Waals surface area contributed by atoms with Gasteiger partial charge in [-0.05, 0) is 62.4 Å². The van der Waals surface area contributed by atoms with E-state index < -0.39 is 15.8 Å². The fourth-order valence-electron chi connectivity index (χ4n) is 3.10. The van der Waals surface area contributed by atoms with Crippen molar-refractivity contribution >= 4 is 21.6 Å². The molecule has 0 unspecified atom stereocenters. The molecule has 1 fully saturated rings. The standard InChI is InChI=1S/C18H20ClFN2O3S/c1-12-10-14(20)3-8-17(12)26(23,24)22-15-4-6-16(7-5-15)25-18-9-2-13(19)11-21-18/h2-3,8-11,15-16,22H,4-7H2,1H3. The molecular formula is C18H20ClFN2O3S. The van der Waals surface area contributed by atoms with Crippen LogP contribution in [0.15, 0.2) is 41.4 Å². The first-order valence-electron chi connectivity index (χ1n) is 8.40. The number of ether oxygens (including phenoxy) is 1. The Balaban J connectivity index is 1.57. The number of hydrogen-bond donors (Lipinski definition) is 1. The van der Waals surface area contributed by atoms with Crippen LogP contribution in [-0.4, -0.2) is 25.5 Å². The second-order valence-electron chi connectivity index (χ2n) is 6.44. The van der Waals surface area contributed by atoms with Gasteiger partial charge in [-0.25, -0.2) is 22.5 Å². The molecule has 5 nitrogen and oxygen atoms in total. The average Bonchev–Trinajstić information content (AvgIpc) is 2.58. The molecule has 0 bridgehead atoms. The van der Waals surface area contributed by atoms with Gasteiger partial charge in [-0.2, -0.15) is 0 Å². The van der Waals surface area contributed by atoms with Crippen LogP contribution < -0.4 is 9.46 Å². The predicted molar refractivity (Wildman–Crippen MR) is 97.4 cm³/mol. The van der Waals surface area contributed by atoms with Gasteiger partial charge in [0.25, 0.3) is 0 Å². The van der Waals surface area contributed by atoms with Gasteiger partial charge in [0, 0.05) is 18.3 Å². The molecule has 0 radical (unpaired) electrons. The molecule has 1 heterocycles. The van der Waals surface area contributed by atoms with Crippen LogP contribution in [0.1, 0.15) is 31.2 Å². The van der Waals surface area contributed by atoms with Crippen molar-refractivity contribution in [1.29, 1.82) is 0 Å². The number of halogens is 2. The Morgan fingerprint density at radius 2 is 1.92 bits per heavy atom. The largest absolute Gasteiger partial charge is 0.474 e. The summed E-state index contributed by atoms with van der Waals surface area (Å²) >= 11 is 5.80. The van der Waals surface area contributed by atoms with Crippen molar-refractivity contribution in [1.82, 2.24) is 9.71 Å². The molecule has 26 heavy (non-hydrogen) atoms. The first kappa shape index (κ1) is 19.1. The van der Waals surface area contributed by atoms with Crippen molar-refractivity contribution in [3.63, 3.8) is 0 Å². The van der Waals surface area contributed by atoms with Crippen molar-refractivity contribution in [2.75, 3.05) is 0 Å². The normalized spacial score (nSPS) is 20.7. The summed E-state index contributed by atoms with van der Waals surface area (Å²) in [5, 5.41) is 0.548. The number of nitrogens with one attached hydrogen (secondary N) is 1. The second kappa shape index (κ2) is 7.90.